The van der Waals surface area contributed by atoms with Crippen LogP contribution in [0.3, 0.4) is 0 Å². The number of amides is 1. The number of morpholine rings is 1. The van der Waals surface area contributed by atoms with E-state index in [1.807, 2.05) is 0 Å². The van der Waals surface area contributed by atoms with Gasteiger partial charge in [0.05, 0.1) is 6.61 Å². The fourth-order valence-corrected chi connectivity index (χ4v) is 2.21. The predicted molar refractivity (Wildman–Crippen MR) is 70.3 cm³/mol. The van der Waals surface area contributed by atoms with Crippen LogP contribution in [0.15, 0.2) is 18.2 Å². The summed E-state index contributed by atoms with van der Waals surface area (Å²) in [5, 5.41) is 2.56. The molecule has 1 aromatic rings. The van der Waals surface area contributed by atoms with Gasteiger partial charge in [0.2, 0.25) is 5.91 Å². The van der Waals surface area contributed by atoms with Gasteiger partial charge in [0.1, 0.15) is 6.10 Å². The highest BCUT2D eigenvalue weighted by atomic mass is 19.2. The molecule has 4 nitrogen and oxygen atoms in total. The first-order valence-electron chi connectivity index (χ1n) is 6.59. The topological polar surface area (TPSA) is 41.6 Å². The third-order valence-electron chi connectivity index (χ3n) is 3.39. The second kappa shape index (κ2) is 6.76. The molecule has 1 aromatic carbocycles. The lowest BCUT2D eigenvalue weighted by Crippen LogP contribution is -2.49. The number of benzene rings is 1. The fraction of sp³-hybridized carbons (Fsp3) is 0.500. The summed E-state index contributed by atoms with van der Waals surface area (Å²) in [4.78, 5) is 13.6. The molecule has 2 rings (SSSR count). The van der Waals surface area contributed by atoms with Crippen molar-refractivity contribution < 1.29 is 18.3 Å². The maximum absolute atomic E-state index is 13.1. The van der Waals surface area contributed by atoms with E-state index in [9.17, 15) is 13.6 Å². The maximum atomic E-state index is 13.1. The molecule has 6 heteroatoms. The van der Waals surface area contributed by atoms with Gasteiger partial charge in [0.15, 0.2) is 11.6 Å². The summed E-state index contributed by atoms with van der Waals surface area (Å²) in [6.07, 6.45) is 0.149. The summed E-state index contributed by atoms with van der Waals surface area (Å²) in [6.45, 7) is 2.43. The molecule has 1 unspecified atom stereocenters. The van der Waals surface area contributed by atoms with Crippen LogP contribution in [-0.4, -0.2) is 50.2 Å². The number of hydrogen-bond donors (Lipinski definition) is 1. The molecule has 0 aromatic heterocycles. The molecule has 1 saturated heterocycles. The van der Waals surface area contributed by atoms with E-state index in [-0.39, 0.29) is 5.91 Å². The van der Waals surface area contributed by atoms with Crippen molar-refractivity contribution in [3.63, 3.8) is 0 Å². The molecule has 1 aliphatic rings. The van der Waals surface area contributed by atoms with Gasteiger partial charge < -0.3 is 10.1 Å². The first kappa shape index (κ1) is 14.9. The Labute approximate surface area is 116 Å². The number of likely N-dealkylation sites (N-methyl/N-ethyl adjacent to an activating group) is 1. The van der Waals surface area contributed by atoms with Crippen molar-refractivity contribution in [1.82, 2.24) is 10.2 Å². The number of hydrogen-bond acceptors (Lipinski definition) is 3. The molecule has 1 fully saturated rings. The van der Waals surface area contributed by atoms with E-state index in [1.54, 1.807) is 13.1 Å². The Morgan fingerprint density at radius 2 is 2.25 bits per heavy atom. The molecular weight excluding hydrogens is 266 g/mol. The normalized spacial score (nSPS) is 19.9. The predicted octanol–water partition coefficient (Wildman–Crippen LogP) is 0.954. The zero-order chi connectivity index (χ0) is 14.5. The zero-order valence-corrected chi connectivity index (χ0v) is 11.4. The van der Waals surface area contributed by atoms with Crippen molar-refractivity contribution in [2.45, 2.75) is 12.5 Å². The Kier molecular flexibility index (Phi) is 5.03. The molecule has 1 aliphatic heterocycles. The monoisotopic (exact) mass is 284 g/mol. The van der Waals surface area contributed by atoms with Crippen LogP contribution in [0.25, 0.3) is 0 Å². The van der Waals surface area contributed by atoms with Crippen molar-refractivity contribution in [3.8, 4) is 0 Å². The number of carbonyl (C=O) groups is 1. The maximum Gasteiger partial charge on any atom is 0.250 e. The molecule has 1 atom stereocenters. The van der Waals surface area contributed by atoms with Gasteiger partial charge in [0.25, 0.3) is 0 Å². The SMILES string of the molecule is CNC(=O)C1CN(CCc2ccc(F)c(F)c2)CCO1. The Bertz CT molecular complexity index is 482. The summed E-state index contributed by atoms with van der Waals surface area (Å²) in [5.74, 6) is -1.80. The van der Waals surface area contributed by atoms with E-state index >= 15 is 0 Å². The van der Waals surface area contributed by atoms with Gasteiger partial charge in [-0.1, -0.05) is 6.07 Å². The molecular formula is C14H18F2N2O2. The Hall–Kier alpha value is -1.53. The van der Waals surface area contributed by atoms with Gasteiger partial charge in [0, 0.05) is 26.7 Å². The second-order valence-electron chi connectivity index (χ2n) is 4.77. The lowest BCUT2D eigenvalue weighted by Gasteiger charge is -2.31. The van der Waals surface area contributed by atoms with E-state index in [4.69, 9.17) is 4.74 Å². The highest BCUT2D eigenvalue weighted by Gasteiger charge is 2.25. The molecule has 0 aliphatic carbocycles. The van der Waals surface area contributed by atoms with Gasteiger partial charge in [-0.05, 0) is 24.1 Å². The average molecular weight is 284 g/mol. The first-order chi connectivity index (χ1) is 9.60. The summed E-state index contributed by atoms with van der Waals surface area (Å²) < 4.78 is 31.3. The van der Waals surface area contributed by atoms with Gasteiger partial charge in [-0.3, -0.25) is 9.69 Å². The largest absolute Gasteiger partial charge is 0.366 e. The smallest absolute Gasteiger partial charge is 0.250 e. The zero-order valence-electron chi connectivity index (χ0n) is 11.4. The minimum absolute atomic E-state index is 0.137. The van der Waals surface area contributed by atoms with Crippen molar-refractivity contribution in [1.29, 1.82) is 0 Å². The average Bonchev–Trinajstić information content (AvgIpc) is 2.48. The number of carbonyl (C=O) groups excluding carboxylic acids is 1. The molecule has 1 heterocycles. The van der Waals surface area contributed by atoms with Crippen LogP contribution in [0.1, 0.15) is 5.56 Å². The van der Waals surface area contributed by atoms with E-state index in [0.717, 1.165) is 18.2 Å². The molecule has 1 N–H and O–H groups in total. The van der Waals surface area contributed by atoms with Gasteiger partial charge in [-0.2, -0.15) is 0 Å². The van der Waals surface area contributed by atoms with Crippen LogP contribution in [0.2, 0.25) is 0 Å². The third-order valence-corrected chi connectivity index (χ3v) is 3.39. The highest BCUT2D eigenvalue weighted by molar-refractivity contribution is 5.80. The number of nitrogens with zero attached hydrogens (tertiary/aromatic N) is 1. The molecule has 20 heavy (non-hydrogen) atoms. The van der Waals surface area contributed by atoms with Gasteiger partial charge in [-0.25, -0.2) is 8.78 Å². The van der Waals surface area contributed by atoms with Crippen LogP contribution < -0.4 is 5.32 Å². The van der Waals surface area contributed by atoms with E-state index in [1.165, 1.54) is 6.07 Å². The van der Waals surface area contributed by atoms with Crippen LogP contribution in [0.4, 0.5) is 8.78 Å². The van der Waals surface area contributed by atoms with Crippen molar-refractivity contribution in [2.24, 2.45) is 0 Å². The van der Waals surface area contributed by atoms with Gasteiger partial charge >= 0.3 is 0 Å². The molecule has 0 radical (unpaired) electrons. The summed E-state index contributed by atoms with van der Waals surface area (Å²) >= 11 is 0. The minimum atomic E-state index is -0.834. The van der Waals surface area contributed by atoms with Crippen LogP contribution in [0.5, 0.6) is 0 Å². The quantitative estimate of drug-likeness (QED) is 0.895. The lowest BCUT2D eigenvalue weighted by atomic mass is 10.1. The first-order valence-corrected chi connectivity index (χ1v) is 6.59. The third kappa shape index (κ3) is 3.74. The summed E-state index contributed by atoms with van der Waals surface area (Å²) in [7, 11) is 1.58. The van der Waals surface area contributed by atoms with Crippen LogP contribution in [-0.2, 0) is 16.0 Å². The minimum Gasteiger partial charge on any atom is -0.366 e. The van der Waals surface area contributed by atoms with Crippen LogP contribution in [0, 0.1) is 11.6 Å². The Morgan fingerprint density at radius 3 is 2.95 bits per heavy atom. The summed E-state index contributed by atoms with van der Waals surface area (Å²) in [6, 6.07) is 3.93. The summed E-state index contributed by atoms with van der Waals surface area (Å²) in [5.41, 5.74) is 0.742. The molecule has 0 bridgehead atoms. The highest BCUT2D eigenvalue weighted by Crippen LogP contribution is 2.11. The fourth-order valence-electron chi connectivity index (χ4n) is 2.21. The number of ether oxygens (including phenoxy) is 1. The Morgan fingerprint density at radius 1 is 1.45 bits per heavy atom. The van der Waals surface area contributed by atoms with Crippen molar-refractivity contribution >= 4 is 5.91 Å². The van der Waals surface area contributed by atoms with E-state index in [2.05, 4.69) is 10.2 Å². The van der Waals surface area contributed by atoms with E-state index < -0.39 is 17.7 Å². The van der Waals surface area contributed by atoms with Gasteiger partial charge in [-0.15, -0.1) is 0 Å². The standard InChI is InChI=1S/C14H18F2N2O2/c1-17-14(19)13-9-18(6-7-20-13)5-4-10-2-3-11(15)12(16)8-10/h2-3,8,13H,4-7,9H2,1H3,(H,17,19). The Balaban J connectivity index is 1.87. The van der Waals surface area contributed by atoms with E-state index in [0.29, 0.717) is 26.1 Å². The van der Waals surface area contributed by atoms with Crippen molar-refractivity contribution in [2.75, 3.05) is 33.3 Å². The number of nitrogens with one attached hydrogen (secondary N) is 1. The molecule has 0 spiro atoms. The lowest BCUT2D eigenvalue weighted by molar-refractivity contribution is -0.137. The second-order valence-corrected chi connectivity index (χ2v) is 4.77. The molecule has 1 amide bonds. The number of halogens is 2. The molecule has 0 saturated carbocycles. The van der Waals surface area contributed by atoms with Crippen molar-refractivity contribution in [3.05, 3.63) is 35.4 Å². The van der Waals surface area contributed by atoms with Crippen LogP contribution >= 0.6 is 0 Å². The number of rotatable bonds is 4. The molecule has 110 valence electrons.